The second-order valence-electron chi connectivity index (χ2n) is 6.52. The third kappa shape index (κ3) is 5.85. The zero-order chi connectivity index (χ0) is 21.6. The van der Waals surface area contributed by atoms with Gasteiger partial charge < -0.3 is 10.1 Å². The number of carbonyl (C=O) groups is 1. The summed E-state index contributed by atoms with van der Waals surface area (Å²) in [4.78, 5) is 12.2. The molecule has 0 spiro atoms. The number of unbranched alkanes of at least 4 members (excludes halogenated alkanes) is 1. The van der Waals surface area contributed by atoms with Crippen LogP contribution in [-0.2, 0) is 16.4 Å². The standard InChI is InChI=1S/C20H22N4O4S2/c1-28-16-6-4-5-15(13-16)19(25)22-12-3-2-7-18-23-24-20(29-18)14-8-10-17(11-9-14)30(21,26)27/h4-6,8-11,13H,2-3,7,12H2,1H3,(H,22,25)(H2,21,26,27). The first-order valence-electron chi connectivity index (χ1n) is 9.24. The number of rotatable bonds is 9. The summed E-state index contributed by atoms with van der Waals surface area (Å²) < 4.78 is 27.8. The molecule has 0 aliphatic carbocycles. The second-order valence-corrected chi connectivity index (χ2v) is 9.14. The maximum absolute atomic E-state index is 12.2. The monoisotopic (exact) mass is 446 g/mol. The van der Waals surface area contributed by atoms with Crippen molar-refractivity contribution in [2.75, 3.05) is 13.7 Å². The molecule has 0 saturated heterocycles. The lowest BCUT2D eigenvalue weighted by Crippen LogP contribution is -2.24. The number of amides is 1. The van der Waals surface area contributed by atoms with Crippen LogP contribution in [0.2, 0.25) is 0 Å². The number of benzene rings is 2. The number of nitrogens with two attached hydrogens (primary N) is 1. The van der Waals surface area contributed by atoms with Crippen molar-refractivity contribution in [3.05, 3.63) is 59.1 Å². The normalized spacial score (nSPS) is 11.3. The molecule has 1 amide bonds. The molecule has 0 unspecified atom stereocenters. The topological polar surface area (TPSA) is 124 Å². The molecule has 2 aromatic carbocycles. The summed E-state index contributed by atoms with van der Waals surface area (Å²) in [5.74, 6) is 0.518. The van der Waals surface area contributed by atoms with Crippen molar-refractivity contribution in [3.63, 3.8) is 0 Å². The minimum atomic E-state index is -3.71. The highest BCUT2D eigenvalue weighted by atomic mass is 32.2. The van der Waals surface area contributed by atoms with Gasteiger partial charge in [0.05, 0.1) is 12.0 Å². The average molecular weight is 447 g/mol. The highest BCUT2D eigenvalue weighted by Crippen LogP contribution is 2.25. The van der Waals surface area contributed by atoms with Crippen LogP contribution in [0.25, 0.3) is 10.6 Å². The Morgan fingerprint density at radius 1 is 1.13 bits per heavy atom. The van der Waals surface area contributed by atoms with Gasteiger partial charge in [-0.05, 0) is 43.2 Å². The zero-order valence-electron chi connectivity index (χ0n) is 16.4. The fraction of sp³-hybridized carbons (Fsp3) is 0.250. The van der Waals surface area contributed by atoms with Crippen molar-refractivity contribution in [3.8, 4) is 16.3 Å². The Labute approximate surface area is 179 Å². The number of hydrogen-bond acceptors (Lipinski definition) is 7. The van der Waals surface area contributed by atoms with E-state index in [9.17, 15) is 13.2 Å². The number of aryl methyl sites for hydroxylation is 1. The molecule has 3 rings (SSSR count). The first-order valence-corrected chi connectivity index (χ1v) is 11.6. The third-order valence-corrected chi connectivity index (χ3v) is 6.29. The van der Waals surface area contributed by atoms with Crippen LogP contribution in [-0.4, -0.2) is 38.2 Å². The Morgan fingerprint density at radius 2 is 1.90 bits per heavy atom. The summed E-state index contributed by atoms with van der Waals surface area (Å²) in [6.45, 7) is 0.566. The maximum Gasteiger partial charge on any atom is 0.251 e. The Bertz CT molecular complexity index is 1110. The van der Waals surface area contributed by atoms with E-state index >= 15 is 0 Å². The van der Waals surface area contributed by atoms with E-state index in [0.717, 1.165) is 34.8 Å². The summed E-state index contributed by atoms with van der Waals surface area (Å²) in [5.41, 5.74) is 1.35. The van der Waals surface area contributed by atoms with Gasteiger partial charge in [0.15, 0.2) is 0 Å². The number of primary sulfonamides is 1. The van der Waals surface area contributed by atoms with Gasteiger partial charge in [-0.1, -0.05) is 29.5 Å². The minimum Gasteiger partial charge on any atom is -0.497 e. The van der Waals surface area contributed by atoms with Crippen molar-refractivity contribution >= 4 is 27.3 Å². The zero-order valence-corrected chi connectivity index (χ0v) is 18.0. The number of hydrogen-bond donors (Lipinski definition) is 2. The number of nitrogens with zero attached hydrogens (tertiary/aromatic N) is 2. The Morgan fingerprint density at radius 3 is 2.60 bits per heavy atom. The molecule has 1 heterocycles. The largest absolute Gasteiger partial charge is 0.497 e. The molecule has 30 heavy (non-hydrogen) atoms. The van der Waals surface area contributed by atoms with Crippen LogP contribution in [0.15, 0.2) is 53.4 Å². The molecule has 3 aromatic rings. The van der Waals surface area contributed by atoms with Crippen molar-refractivity contribution in [2.24, 2.45) is 5.14 Å². The van der Waals surface area contributed by atoms with Gasteiger partial charge in [0.2, 0.25) is 10.0 Å². The summed E-state index contributed by atoms with van der Waals surface area (Å²) in [5, 5.41) is 18.0. The van der Waals surface area contributed by atoms with Gasteiger partial charge in [0.1, 0.15) is 15.8 Å². The number of sulfonamides is 1. The molecule has 0 saturated carbocycles. The molecule has 0 radical (unpaired) electrons. The highest BCUT2D eigenvalue weighted by Gasteiger charge is 2.11. The van der Waals surface area contributed by atoms with E-state index in [0.29, 0.717) is 17.9 Å². The molecule has 158 valence electrons. The minimum absolute atomic E-state index is 0.0620. The van der Waals surface area contributed by atoms with Crippen molar-refractivity contribution in [2.45, 2.75) is 24.2 Å². The van der Waals surface area contributed by atoms with E-state index in [1.807, 2.05) is 0 Å². The van der Waals surface area contributed by atoms with E-state index < -0.39 is 10.0 Å². The number of methoxy groups -OCH3 is 1. The van der Waals surface area contributed by atoms with Gasteiger partial charge in [-0.2, -0.15) is 0 Å². The quantitative estimate of drug-likeness (QED) is 0.487. The van der Waals surface area contributed by atoms with E-state index in [4.69, 9.17) is 9.88 Å². The maximum atomic E-state index is 12.2. The van der Waals surface area contributed by atoms with Gasteiger partial charge >= 0.3 is 0 Å². The van der Waals surface area contributed by atoms with E-state index in [1.54, 1.807) is 43.5 Å². The van der Waals surface area contributed by atoms with Crippen molar-refractivity contribution < 1.29 is 17.9 Å². The Hall–Kier alpha value is -2.82. The van der Waals surface area contributed by atoms with E-state index in [-0.39, 0.29) is 10.8 Å². The van der Waals surface area contributed by atoms with Crippen LogP contribution in [0.4, 0.5) is 0 Å². The summed E-state index contributed by atoms with van der Waals surface area (Å²) in [6, 6.07) is 13.3. The van der Waals surface area contributed by atoms with Gasteiger partial charge in [-0.25, -0.2) is 13.6 Å². The molecule has 0 bridgehead atoms. The number of carbonyl (C=O) groups excluding carboxylic acids is 1. The molecule has 0 aliphatic rings. The fourth-order valence-electron chi connectivity index (χ4n) is 2.73. The van der Waals surface area contributed by atoms with Crippen LogP contribution >= 0.6 is 11.3 Å². The first kappa shape index (κ1) is 21.9. The smallest absolute Gasteiger partial charge is 0.251 e. The van der Waals surface area contributed by atoms with Gasteiger partial charge in [0.25, 0.3) is 5.91 Å². The molecular formula is C20H22N4O4S2. The summed E-state index contributed by atoms with van der Waals surface area (Å²) >= 11 is 1.46. The predicted octanol–water partition coefficient (Wildman–Crippen LogP) is 2.61. The molecule has 3 N–H and O–H groups in total. The van der Waals surface area contributed by atoms with E-state index in [1.165, 1.54) is 23.5 Å². The summed E-state index contributed by atoms with van der Waals surface area (Å²) in [7, 11) is -2.15. The van der Waals surface area contributed by atoms with Crippen LogP contribution in [0.3, 0.4) is 0 Å². The fourth-order valence-corrected chi connectivity index (χ4v) is 4.13. The lowest BCUT2D eigenvalue weighted by molar-refractivity contribution is 0.0952. The average Bonchev–Trinajstić information content (AvgIpc) is 3.22. The Kier molecular flexibility index (Phi) is 7.14. The second kappa shape index (κ2) is 9.79. The van der Waals surface area contributed by atoms with Crippen molar-refractivity contribution in [1.82, 2.24) is 15.5 Å². The molecule has 0 aliphatic heterocycles. The van der Waals surface area contributed by atoms with E-state index in [2.05, 4.69) is 15.5 Å². The Balaban J connectivity index is 1.45. The molecule has 10 heteroatoms. The highest BCUT2D eigenvalue weighted by molar-refractivity contribution is 7.89. The first-order chi connectivity index (χ1) is 14.4. The molecule has 1 aromatic heterocycles. The number of nitrogens with one attached hydrogen (secondary N) is 1. The molecule has 8 nitrogen and oxygen atoms in total. The number of aromatic nitrogens is 2. The molecule has 0 fully saturated rings. The van der Waals surface area contributed by atoms with Crippen LogP contribution in [0.5, 0.6) is 5.75 Å². The van der Waals surface area contributed by atoms with Crippen LogP contribution in [0.1, 0.15) is 28.2 Å². The van der Waals surface area contributed by atoms with Gasteiger partial charge in [0, 0.05) is 24.1 Å². The SMILES string of the molecule is COc1cccc(C(=O)NCCCCc2nnc(-c3ccc(S(N)(=O)=O)cc3)s2)c1. The lowest BCUT2D eigenvalue weighted by atomic mass is 10.2. The van der Waals surface area contributed by atoms with Crippen LogP contribution < -0.4 is 15.2 Å². The third-order valence-electron chi connectivity index (χ3n) is 4.33. The summed E-state index contributed by atoms with van der Waals surface area (Å²) in [6.07, 6.45) is 2.42. The predicted molar refractivity (Wildman–Crippen MR) is 115 cm³/mol. The van der Waals surface area contributed by atoms with Gasteiger partial charge in [-0.15, -0.1) is 10.2 Å². The van der Waals surface area contributed by atoms with Gasteiger partial charge in [-0.3, -0.25) is 4.79 Å². The lowest BCUT2D eigenvalue weighted by Gasteiger charge is -2.06. The van der Waals surface area contributed by atoms with Crippen LogP contribution in [0, 0.1) is 0 Å². The van der Waals surface area contributed by atoms with Crippen molar-refractivity contribution in [1.29, 1.82) is 0 Å². The number of ether oxygens (including phenoxy) is 1. The molecule has 0 atom stereocenters. The molecular weight excluding hydrogens is 424 g/mol.